The lowest BCUT2D eigenvalue weighted by Crippen LogP contribution is -2.34. The van der Waals surface area contributed by atoms with E-state index in [2.05, 4.69) is 10.6 Å². The van der Waals surface area contributed by atoms with Crippen LogP contribution in [0.5, 0.6) is 0 Å². The standard InChI is InChI=1S/C35H35N5O2/c1-40(2)33-30-15-7-8-17-31(30)38-35(39-33)37-25-20-18-23(19-21-25)22-36-34(42)29-14-6-5-13-28(29)32(41)27-16-9-11-24-10-3-4-12-26(24)27/h3-17,23,25H,18-22H2,1-2H3,(H,36,42)(H,37,38,39)/t23-,25+. The fourth-order valence-corrected chi connectivity index (χ4v) is 5.94. The summed E-state index contributed by atoms with van der Waals surface area (Å²) in [7, 11) is 3.99. The predicted octanol–water partition coefficient (Wildman–Crippen LogP) is 6.48. The highest BCUT2D eigenvalue weighted by Crippen LogP contribution is 2.29. The highest BCUT2D eigenvalue weighted by atomic mass is 16.2. The molecule has 2 N–H and O–H groups in total. The van der Waals surface area contributed by atoms with Crippen molar-refractivity contribution < 1.29 is 9.59 Å². The molecule has 0 atom stereocenters. The van der Waals surface area contributed by atoms with Crippen molar-refractivity contribution in [3.8, 4) is 0 Å². The zero-order valence-electron chi connectivity index (χ0n) is 24.0. The number of hydrogen-bond acceptors (Lipinski definition) is 6. The SMILES string of the molecule is CN(C)c1nc(N[C@H]2CC[C@@H](CNC(=O)c3ccccc3C(=O)c3cccc4ccccc34)CC2)nc2ccccc12. The molecule has 1 amide bonds. The van der Waals surface area contributed by atoms with Crippen LogP contribution in [0.1, 0.15) is 52.0 Å². The van der Waals surface area contributed by atoms with E-state index in [1.165, 1.54) is 0 Å². The number of carbonyl (C=O) groups excluding carboxylic acids is 2. The van der Waals surface area contributed by atoms with Crippen molar-refractivity contribution in [2.45, 2.75) is 31.7 Å². The van der Waals surface area contributed by atoms with Crippen LogP contribution in [0.2, 0.25) is 0 Å². The summed E-state index contributed by atoms with van der Waals surface area (Å²) in [4.78, 5) is 38.5. The van der Waals surface area contributed by atoms with E-state index in [0.29, 0.717) is 35.1 Å². The summed E-state index contributed by atoms with van der Waals surface area (Å²) in [6.07, 6.45) is 3.93. The van der Waals surface area contributed by atoms with Crippen molar-refractivity contribution in [2.24, 2.45) is 5.92 Å². The first kappa shape index (κ1) is 27.4. The summed E-state index contributed by atoms with van der Waals surface area (Å²) >= 11 is 0. The van der Waals surface area contributed by atoms with E-state index in [9.17, 15) is 9.59 Å². The third-order valence-corrected chi connectivity index (χ3v) is 8.19. The van der Waals surface area contributed by atoms with Gasteiger partial charge in [0.2, 0.25) is 5.95 Å². The molecule has 1 fully saturated rings. The van der Waals surface area contributed by atoms with Gasteiger partial charge >= 0.3 is 0 Å². The number of nitrogens with zero attached hydrogens (tertiary/aromatic N) is 3. The van der Waals surface area contributed by atoms with E-state index >= 15 is 0 Å². The third kappa shape index (κ3) is 5.68. The molecule has 0 spiro atoms. The molecule has 6 rings (SSSR count). The van der Waals surface area contributed by atoms with Crippen LogP contribution in [0.15, 0.2) is 91.0 Å². The van der Waals surface area contributed by atoms with Gasteiger partial charge in [-0.3, -0.25) is 9.59 Å². The van der Waals surface area contributed by atoms with Gasteiger partial charge in [0.1, 0.15) is 5.82 Å². The molecular formula is C35H35N5O2. The van der Waals surface area contributed by atoms with E-state index in [4.69, 9.17) is 9.97 Å². The van der Waals surface area contributed by atoms with Crippen molar-refractivity contribution in [2.75, 3.05) is 30.9 Å². The molecule has 0 radical (unpaired) electrons. The number of aromatic nitrogens is 2. The molecule has 212 valence electrons. The smallest absolute Gasteiger partial charge is 0.252 e. The van der Waals surface area contributed by atoms with Crippen LogP contribution >= 0.6 is 0 Å². The zero-order valence-corrected chi connectivity index (χ0v) is 24.0. The molecule has 0 bridgehead atoms. The molecule has 4 aromatic carbocycles. The Morgan fingerprint density at radius 1 is 0.738 bits per heavy atom. The van der Waals surface area contributed by atoms with Crippen molar-refractivity contribution in [3.05, 3.63) is 108 Å². The number of rotatable bonds is 8. The average molecular weight is 558 g/mol. The Morgan fingerprint density at radius 2 is 1.38 bits per heavy atom. The van der Waals surface area contributed by atoms with Crippen LogP contribution in [-0.4, -0.2) is 48.3 Å². The Labute approximate surface area is 246 Å². The number of ketones is 1. The lowest BCUT2D eigenvalue weighted by molar-refractivity contribution is 0.0933. The van der Waals surface area contributed by atoms with Gasteiger partial charge in [0.05, 0.1) is 11.1 Å². The fourth-order valence-electron chi connectivity index (χ4n) is 5.94. The first-order chi connectivity index (χ1) is 20.5. The average Bonchev–Trinajstić information content (AvgIpc) is 3.03. The number of nitrogens with one attached hydrogen (secondary N) is 2. The van der Waals surface area contributed by atoms with Gasteiger partial charge in [-0.25, -0.2) is 4.98 Å². The fraction of sp³-hybridized carbons (Fsp3) is 0.257. The molecule has 1 heterocycles. The molecule has 0 aliphatic heterocycles. The molecule has 1 saturated carbocycles. The van der Waals surface area contributed by atoms with Crippen molar-refractivity contribution in [1.29, 1.82) is 0 Å². The maximum atomic E-state index is 13.6. The van der Waals surface area contributed by atoms with Crippen molar-refractivity contribution >= 4 is 45.1 Å². The van der Waals surface area contributed by atoms with Gasteiger partial charge in [0, 0.05) is 43.2 Å². The number of fused-ring (bicyclic) bond motifs is 2. The number of hydrogen-bond donors (Lipinski definition) is 2. The van der Waals surface area contributed by atoms with E-state index < -0.39 is 0 Å². The summed E-state index contributed by atoms with van der Waals surface area (Å²) in [5, 5.41) is 9.59. The third-order valence-electron chi connectivity index (χ3n) is 8.19. The number of para-hydroxylation sites is 1. The van der Waals surface area contributed by atoms with Crippen molar-refractivity contribution in [1.82, 2.24) is 15.3 Å². The van der Waals surface area contributed by atoms with E-state index in [1.807, 2.05) is 97.9 Å². The van der Waals surface area contributed by atoms with Gasteiger partial charge in [0.25, 0.3) is 5.91 Å². The Morgan fingerprint density at radius 3 is 2.17 bits per heavy atom. The molecule has 1 aliphatic carbocycles. The summed E-state index contributed by atoms with van der Waals surface area (Å²) in [5.74, 6) is 1.58. The maximum Gasteiger partial charge on any atom is 0.252 e. The van der Waals surface area contributed by atoms with Gasteiger partial charge in [-0.2, -0.15) is 4.98 Å². The minimum Gasteiger partial charge on any atom is -0.362 e. The number of anilines is 2. The number of amides is 1. The normalized spacial score (nSPS) is 16.7. The van der Waals surface area contributed by atoms with Crippen LogP contribution in [0, 0.1) is 5.92 Å². The van der Waals surface area contributed by atoms with E-state index in [1.54, 1.807) is 12.1 Å². The second kappa shape index (κ2) is 12.0. The van der Waals surface area contributed by atoms with Crippen LogP contribution < -0.4 is 15.5 Å². The number of benzene rings is 4. The largest absolute Gasteiger partial charge is 0.362 e. The topological polar surface area (TPSA) is 87.2 Å². The molecule has 1 aromatic heterocycles. The monoisotopic (exact) mass is 557 g/mol. The zero-order chi connectivity index (χ0) is 29.1. The van der Waals surface area contributed by atoms with Crippen LogP contribution in [0.4, 0.5) is 11.8 Å². The lowest BCUT2D eigenvalue weighted by atomic mass is 9.86. The molecule has 7 heteroatoms. The summed E-state index contributed by atoms with van der Waals surface area (Å²) in [6, 6.07) is 29.0. The Balaban J connectivity index is 1.08. The molecule has 0 saturated heterocycles. The minimum absolute atomic E-state index is 0.141. The van der Waals surface area contributed by atoms with Gasteiger partial charge in [-0.15, -0.1) is 0 Å². The molecule has 0 unspecified atom stereocenters. The second-order valence-corrected chi connectivity index (χ2v) is 11.3. The maximum absolute atomic E-state index is 13.6. The van der Waals surface area contributed by atoms with E-state index in [-0.39, 0.29) is 17.7 Å². The first-order valence-corrected chi connectivity index (χ1v) is 14.6. The van der Waals surface area contributed by atoms with Gasteiger partial charge in [0.15, 0.2) is 5.78 Å². The molecule has 42 heavy (non-hydrogen) atoms. The predicted molar refractivity (Wildman–Crippen MR) is 169 cm³/mol. The Kier molecular flexibility index (Phi) is 7.82. The minimum atomic E-state index is -0.208. The highest BCUT2D eigenvalue weighted by Gasteiger charge is 2.24. The summed E-state index contributed by atoms with van der Waals surface area (Å²) in [6.45, 7) is 0.583. The first-order valence-electron chi connectivity index (χ1n) is 14.6. The van der Waals surface area contributed by atoms with Gasteiger partial charge < -0.3 is 15.5 Å². The van der Waals surface area contributed by atoms with Gasteiger partial charge in [-0.05, 0) is 60.6 Å². The molecule has 7 nitrogen and oxygen atoms in total. The molecule has 5 aromatic rings. The lowest BCUT2D eigenvalue weighted by Gasteiger charge is -2.29. The molecule has 1 aliphatic rings. The Hall–Kier alpha value is -4.78. The van der Waals surface area contributed by atoms with Crippen LogP contribution in [0.3, 0.4) is 0 Å². The highest BCUT2D eigenvalue weighted by molar-refractivity contribution is 6.20. The number of carbonyl (C=O) groups is 2. The van der Waals surface area contributed by atoms with Crippen LogP contribution in [0.25, 0.3) is 21.7 Å². The quantitative estimate of drug-likeness (QED) is 0.212. The van der Waals surface area contributed by atoms with Crippen molar-refractivity contribution in [3.63, 3.8) is 0 Å². The van der Waals surface area contributed by atoms with E-state index in [0.717, 1.165) is 53.2 Å². The summed E-state index contributed by atoms with van der Waals surface area (Å²) in [5.41, 5.74) is 2.37. The van der Waals surface area contributed by atoms with Crippen LogP contribution in [-0.2, 0) is 0 Å². The Bertz CT molecular complexity index is 1750. The summed E-state index contributed by atoms with van der Waals surface area (Å²) < 4.78 is 0. The van der Waals surface area contributed by atoms with Gasteiger partial charge in [-0.1, -0.05) is 72.8 Å². The second-order valence-electron chi connectivity index (χ2n) is 11.3. The molecular weight excluding hydrogens is 522 g/mol.